The van der Waals surface area contributed by atoms with E-state index in [0.29, 0.717) is 22.7 Å². The van der Waals surface area contributed by atoms with E-state index in [2.05, 4.69) is 5.32 Å². The Morgan fingerprint density at radius 1 is 1.21 bits per heavy atom. The van der Waals surface area contributed by atoms with Crippen molar-refractivity contribution >= 4 is 17.7 Å². The van der Waals surface area contributed by atoms with Crippen molar-refractivity contribution in [1.29, 1.82) is 0 Å². The number of carbonyl (C=O) groups excluding carboxylic acids is 2. The zero-order valence-corrected chi connectivity index (χ0v) is 16.0. The molecule has 2 aromatic rings. The highest BCUT2D eigenvalue weighted by Crippen LogP contribution is 2.52. The standard InChI is InChI=1S/C21H22N2O5/c1-4-27-19(24)16-17-14-11-8-12-15(26-3)18(14)28-21(16,2)23(20(25)22-17)13-9-6-5-7-10-13/h5-12,16-17H,4H2,1-3H3,(H,22,25)/t16-,17+,21+/m1/s1. The third kappa shape index (κ3) is 2.58. The molecule has 3 atom stereocenters. The van der Waals surface area contributed by atoms with E-state index in [9.17, 15) is 9.59 Å². The maximum atomic E-state index is 13.1. The lowest BCUT2D eigenvalue weighted by molar-refractivity contribution is -0.160. The fourth-order valence-corrected chi connectivity index (χ4v) is 4.09. The molecule has 0 aromatic heterocycles. The number of hydrogen-bond donors (Lipinski definition) is 1. The smallest absolute Gasteiger partial charge is 0.325 e. The molecule has 0 aliphatic carbocycles. The second kappa shape index (κ2) is 6.74. The molecule has 7 nitrogen and oxygen atoms in total. The number of rotatable bonds is 4. The predicted octanol–water partition coefficient (Wildman–Crippen LogP) is 3.25. The van der Waals surface area contributed by atoms with Gasteiger partial charge < -0.3 is 19.5 Å². The Morgan fingerprint density at radius 3 is 2.64 bits per heavy atom. The van der Waals surface area contributed by atoms with Gasteiger partial charge in [-0.1, -0.05) is 30.3 Å². The molecule has 2 aromatic carbocycles. The highest BCUT2D eigenvalue weighted by Gasteiger charge is 2.61. The molecule has 2 amide bonds. The van der Waals surface area contributed by atoms with Gasteiger partial charge in [-0.2, -0.15) is 0 Å². The number of methoxy groups -OCH3 is 1. The van der Waals surface area contributed by atoms with Crippen LogP contribution in [0.15, 0.2) is 48.5 Å². The van der Waals surface area contributed by atoms with Gasteiger partial charge in [-0.3, -0.25) is 9.69 Å². The molecule has 1 fully saturated rings. The van der Waals surface area contributed by atoms with E-state index in [-0.39, 0.29) is 12.6 Å². The average molecular weight is 382 g/mol. The molecule has 2 aliphatic heterocycles. The van der Waals surface area contributed by atoms with E-state index in [4.69, 9.17) is 14.2 Å². The number of esters is 1. The molecule has 2 bridgehead atoms. The number of ether oxygens (including phenoxy) is 3. The number of fused-ring (bicyclic) bond motifs is 4. The molecular weight excluding hydrogens is 360 g/mol. The van der Waals surface area contributed by atoms with Gasteiger partial charge in [0, 0.05) is 11.3 Å². The number of benzene rings is 2. The van der Waals surface area contributed by atoms with Crippen molar-refractivity contribution in [2.75, 3.05) is 18.6 Å². The maximum absolute atomic E-state index is 13.1. The fraction of sp³-hybridized carbons (Fsp3) is 0.333. The minimum absolute atomic E-state index is 0.238. The summed E-state index contributed by atoms with van der Waals surface area (Å²) < 4.78 is 17.2. The Morgan fingerprint density at radius 2 is 1.96 bits per heavy atom. The predicted molar refractivity (Wildman–Crippen MR) is 102 cm³/mol. The SMILES string of the molecule is CCOC(=O)[C@H]1[C@H]2NC(=O)N(c3ccccc3)[C@@]1(C)Oc1c(OC)cccc12. The van der Waals surface area contributed by atoms with Gasteiger partial charge in [0.25, 0.3) is 0 Å². The van der Waals surface area contributed by atoms with Gasteiger partial charge in [0.2, 0.25) is 5.72 Å². The highest BCUT2D eigenvalue weighted by molar-refractivity contribution is 5.97. The molecule has 0 saturated carbocycles. The number of anilines is 1. The number of nitrogens with zero attached hydrogens (tertiary/aromatic N) is 1. The molecule has 2 heterocycles. The van der Waals surface area contributed by atoms with Crippen LogP contribution in [0.4, 0.5) is 10.5 Å². The maximum Gasteiger partial charge on any atom is 0.325 e. The largest absolute Gasteiger partial charge is 0.493 e. The van der Waals surface area contributed by atoms with Crippen LogP contribution in [0.1, 0.15) is 25.5 Å². The van der Waals surface area contributed by atoms with Crippen molar-refractivity contribution in [2.45, 2.75) is 25.6 Å². The van der Waals surface area contributed by atoms with Crippen molar-refractivity contribution < 1.29 is 23.8 Å². The Labute approximate surface area is 163 Å². The van der Waals surface area contributed by atoms with Gasteiger partial charge >= 0.3 is 12.0 Å². The van der Waals surface area contributed by atoms with Gasteiger partial charge in [0.15, 0.2) is 11.5 Å². The number of nitrogens with one attached hydrogen (secondary N) is 1. The molecule has 1 saturated heterocycles. The Kier molecular flexibility index (Phi) is 4.37. The van der Waals surface area contributed by atoms with Crippen LogP contribution in [-0.2, 0) is 9.53 Å². The van der Waals surface area contributed by atoms with Gasteiger partial charge in [-0.25, -0.2) is 4.79 Å². The number of para-hydroxylation sites is 2. The van der Waals surface area contributed by atoms with E-state index in [1.165, 1.54) is 4.90 Å². The molecule has 28 heavy (non-hydrogen) atoms. The Hall–Kier alpha value is -3.22. The van der Waals surface area contributed by atoms with Crippen LogP contribution in [0.25, 0.3) is 0 Å². The summed E-state index contributed by atoms with van der Waals surface area (Å²) in [6.07, 6.45) is 0. The minimum Gasteiger partial charge on any atom is -0.493 e. The first-order valence-electron chi connectivity index (χ1n) is 9.19. The molecular formula is C21H22N2O5. The van der Waals surface area contributed by atoms with E-state index in [1.54, 1.807) is 39.2 Å². The van der Waals surface area contributed by atoms with Crippen molar-refractivity contribution in [3.63, 3.8) is 0 Å². The summed E-state index contributed by atoms with van der Waals surface area (Å²) >= 11 is 0. The summed E-state index contributed by atoms with van der Waals surface area (Å²) in [5.74, 6) is -0.131. The van der Waals surface area contributed by atoms with E-state index in [1.807, 2.05) is 30.3 Å². The molecule has 0 radical (unpaired) electrons. The summed E-state index contributed by atoms with van der Waals surface area (Å²) in [5, 5.41) is 2.97. The quantitative estimate of drug-likeness (QED) is 0.822. The van der Waals surface area contributed by atoms with Gasteiger partial charge in [0.1, 0.15) is 5.92 Å². The van der Waals surface area contributed by atoms with Gasteiger partial charge in [0.05, 0.1) is 19.8 Å². The second-order valence-electron chi connectivity index (χ2n) is 6.86. The van der Waals surface area contributed by atoms with Crippen molar-refractivity contribution in [3.05, 3.63) is 54.1 Å². The molecule has 146 valence electrons. The van der Waals surface area contributed by atoms with E-state index >= 15 is 0 Å². The van der Waals surface area contributed by atoms with E-state index < -0.39 is 23.7 Å². The number of amides is 2. The van der Waals surface area contributed by atoms with Crippen molar-refractivity contribution in [2.24, 2.45) is 5.92 Å². The summed E-state index contributed by atoms with van der Waals surface area (Å²) in [6, 6.07) is 13.6. The molecule has 0 spiro atoms. The number of hydrogen-bond acceptors (Lipinski definition) is 5. The molecule has 7 heteroatoms. The van der Waals surface area contributed by atoms with Crippen LogP contribution in [0.2, 0.25) is 0 Å². The van der Waals surface area contributed by atoms with Crippen molar-refractivity contribution in [1.82, 2.24) is 5.32 Å². The van der Waals surface area contributed by atoms with Crippen LogP contribution in [-0.4, -0.2) is 31.4 Å². The van der Waals surface area contributed by atoms with Crippen molar-refractivity contribution in [3.8, 4) is 11.5 Å². The zero-order valence-electron chi connectivity index (χ0n) is 16.0. The lowest BCUT2D eigenvalue weighted by Crippen LogP contribution is -2.71. The van der Waals surface area contributed by atoms with Crippen LogP contribution < -0.4 is 19.7 Å². The van der Waals surface area contributed by atoms with Gasteiger partial charge in [-0.05, 0) is 32.0 Å². The minimum atomic E-state index is -1.29. The number of urea groups is 1. The first kappa shape index (κ1) is 18.2. The normalized spacial score (nSPS) is 25.2. The second-order valence-corrected chi connectivity index (χ2v) is 6.86. The lowest BCUT2D eigenvalue weighted by Gasteiger charge is -2.54. The third-order valence-corrected chi connectivity index (χ3v) is 5.26. The number of carbonyl (C=O) groups is 2. The van der Waals surface area contributed by atoms with Crippen LogP contribution in [0, 0.1) is 5.92 Å². The molecule has 4 rings (SSSR count). The van der Waals surface area contributed by atoms with Crippen LogP contribution in [0.3, 0.4) is 0 Å². The zero-order chi connectivity index (χ0) is 19.9. The average Bonchev–Trinajstić information content (AvgIpc) is 2.68. The van der Waals surface area contributed by atoms with Crippen LogP contribution in [0.5, 0.6) is 11.5 Å². The topological polar surface area (TPSA) is 77.1 Å². The summed E-state index contributed by atoms with van der Waals surface area (Å²) in [4.78, 5) is 27.5. The summed E-state index contributed by atoms with van der Waals surface area (Å²) in [6.45, 7) is 3.73. The Bertz CT molecular complexity index is 916. The monoisotopic (exact) mass is 382 g/mol. The highest BCUT2D eigenvalue weighted by atomic mass is 16.6. The van der Waals surface area contributed by atoms with Crippen LogP contribution >= 0.6 is 0 Å². The third-order valence-electron chi connectivity index (χ3n) is 5.26. The lowest BCUT2D eigenvalue weighted by atomic mass is 9.79. The first-order chi connectivity index (χ1) is 13.5. The fourth-order valence-electron chi connectivity index (χ4n) is 4.09. The van der Waals surface area contributed by atoms with Gasteiger partial charge in [-0.15, -0.1) is 0 Å². The van der Waals surface area contributed by atoms with E-state index in [0.717, 1.165) is 0 Å². The molecule has 0 unspecified atom stereocenters. The molecule has 2 aliphatic rings. The Balaban J connectivity index is 1.92. The first-order valence-corrected chi connectivity index (χ1v) is 9.19. The summed E-state index contributed by atoms with van der Waals surface area (Å²) in [7, 11) is 1.56. The molecule has 1 N–H and O–H groups in total. The summed E-state index contributed by atoms with van der Waals surface area (Å²) in [5.41, 5.74) is 0.0203.